The molecule has 0 unspecified atom stereocenters. The molecule has 2 rings (SSSR count). The van der Waals surface area contributed by atoms with Crippen molar-refractivity contribution in [3.63, 3.8) is 0 Å². The second kappa shape index (κ2) is 6.19. The Labute approximate surface area is 120 Å². The van der Waals surface area contributed by atoms with E-state index in [0.717, 1.165) is 0 Å². The van der Waals surface area contributed by atoms with Crippen LogP contribution < -0.4 is 15.2 Å². The topological polar surface area (TPSA) is 87.6 Å². The third kappa shape index (κ3) is 3.46. The van der Waals surface area contributed by atoms with Crippen LogP contribution in [0.25, 0.3) is 0 Å². The summed E-state index contributed by atoms with van der Waals surface area (Å²) in [4.78, 5) is 10.2. The fraction of sp³-hybridized carbons (Fsp3) is 0.143. The summed E-state index contributed by atoms with van der Waals surface area (Å²) < 4.78 is 24.0. The predicted octanol–water partition coefficient (Wildman–Crippen LogP) is 2.99. The van der Waals surface area contributed by atoms with Crippen LogP contribution >= 0.6 is 0 Å². The average molecular weight is 292 g/mol. The number of benzene rings is 2. The summed E-state index contributed by atoms with van der Waals surface area (Å²) in [6.45, 7) is 0.172. The van der Waals surface area contributed by atoms with Crippen molar-refractivity contribution in [2.75, 3.05) is 7.11 Å². The summed E-state index contributed by atoms with van der Waals surface area (Å²) in [6.07, 6.45) is 0. The molecule has 0 saturated carbocycles. The molecule has 0 bridgehead atoms. The van der Waals surface area contributed by atoms with Crippen molar-refractivity contribution in [2.45, 2.75) is 6.54 Å². The van der Waals surface area contributed by atoms with E-state index in [1.807, 2.05) is 0 Å². The number of hydrogen-bond acceptors (Lipinski definition) is 5. The zero-order chi connectivity index (χ0) is 15.4. The zero-order valence-corrected chi connectivity index (χ0v) is 11.2. The SMILES string of the molecule is COc1cc([N+](=O)[O-])ccc1Oc1cc(F)cc(CN)c1. The van der Waals surface area contributed by atoms with E-state index in [-0.39, 0.29) is 29.5 Å². The zero-order valence-electron chi connectivity index (χ0n) is 11.2. The van der Waals surface area contributed by atoms with Gasteiger partial charge in [-0.15, -0.1) is 0 Å². The largest absolute Gasteiger partial charge is 0.493 e. The number of nitro groups is 1. The highest BCUT2D eigenvalue weighted by Crippen LogP contribution is 2.34. The molecule has 0 heterocycles. The first-order valence-corrected chi connectivity index (χ1v) is 6.03. The van der Waals surface area contributed by atoms with Gasteiger partial charge in [0, 0.05) is 18.7 Å². The van der Waals surface area contributed by atoms with Gasteiger partial charge in [0.1, 0.15) is 11.6 Å². The summed E-state index contributed by atoms with van der Waals surface area (Å²) in [7, 11) is 1.36. The van der Waals surface area contributed by atoms with Crippen LogP contribution in [-0.2, 0) is 6.54 Å². The molecule has 0 saturated heterocycles. The highest BCUT2D eigenvalue weighted by molar-refractivity contribution is 5.50. The van der Waals surface area contributed by atoms with Crippen molar-refractivity contribution in [1.29, 1.82) is 0 Å². The molecule has 0 fully saturated rings. The molecule has 0 aliphatic heterocycles. The van der Waals surface area contributed by atoms with Crippen molar-refractivity contribution in [1.82, 2.24) is 0 Å². The summed E-state index contributed by atoms with van der Waals surface area (Å²) in [5, 5.41) is 10.7. The number of nitrogens with two attached hydrogens (primary N) is 1. The van der Waals surface area contributed by atoms with Crippen LogP contribution in [0.3, 0.4) is 0 Å². The molecule has 2 N–H and O–H groups in total. The first-order chi connectivity index (χ1) is 10.0. The number of nitro benzene ring substituents is 1. The molecule has 0 amide bonds. The van der Waals surface area contributed by atoms with Crippen molar-refractivity contribution >= 4 is 5.69 Å². The maximum absolute atomic E-state index is 13.4. The molecule has 7 heteroatoms. The third-order valence-electron chi connectivity index (χ3n) is 2.75. The second-order valence-corrected chi connectivity index (χ2v) is 4.19. The lowest BCUT2D eigenvalue weighted by Crippen LogP contribution is -1.98. The number of halogens is 1. The van der Waals surface area contributed by atoms with Gasteiger partial charge in [0.25, 0.3) is 5.69 Å². The molecular formula is C14H13FN2O4. The summed E-state index contributed by atoms with van der Waals surface area (Å²) in [6, 6.07) is 7.99. The number of non-ortho nitro benzene ring substituents is 1. The third-order valence-corrected chi connectivity index (χ3v) is 2.75. The monoisotopic (exact) mass is 292 g/mol. The molecule has 110 valence electrons. The van der Waals surface area contributed by atoms with Gasteiger partial charge in [-0.25, -0.2) is 4.39 Å². The molecule has 0 aliphatic carbocycles. The summed E-state index contributed by atoms with van der Waals surface area (Å²) >= 11 is 0. The Kier molecular flexibility index (Phi) is 4.34. The molecule has 0 aliphatic rings. The van der Waals surface area contributed by atoms with E-state index in [1.54, 1.807) is 6.07 Å². The van der Waals surface area contributed by atoms with E-state index >= 15 is 0 Å². The van der Waals surface area contributed by atoms with Crippen LogP contribution in [0, 0.1) is 15.9 Å². The molecule has 0 spiro atoms. The van der Waals surface area contributed by atoms with Crippen LogP contribution in [0.2, 0.25) is 0 Å². The van der Waals surface area contributed by atoms with Crippen LogP contribution in [0.15, 0.2) is 36.4 Å². The van der Waals surface area contributed by atoms with Gasteiger partial charge in [-0.05, 0) is 23.8 Å². The quantitative estimate of drug-likeness (QED) is 0.676. The number of rotatable bonds is 5. The summed E-state index contributed by atoms with van der Waals surface area (Å²) in [5.41, 5.74) is 5.92. The Morgan fingerprint density at radius 1 is 1.24 bits per heavy atom. The summed E-state index contributed by atoms with van der Waals surface area (Å²) in [5.74, 6) is 0.191. The average Bonchev–Trinajstić information content (AvgIpc) is 2.46. The Balaban J connectivity index is 2.35. The maximum atomic E-state index is 13.4. The van der Waals surface area contributed by atoms with Gasteiger partial charge >= 0.3 is 0 Å². The highest BCUT2D eigenvalue weighted by atomic mass is 19.1. The van der Waals surface area contributed by atoms with Crippen LogP contribution in [0.4, 0.5) is 10.1 Å². The van der Waals surface area contributed by atoms with Gasteiger partial charge in [-0.3, -0.25) is 10.1 Å². The maximum Gasteiger partial charge on any atom is 0.273 e. The van der Waals surface area contributed by atoms with Crippen molar-refractivity contribution < 1.29 is 18.8 Å². The Morgan fingerprint density at radius 2 is 2.00 bits per heavy atom. The minimum atomic E-state index is -0.541. The standard InChI is InChI=1S/C14H13FN2O4/c1-20-14-7-11(17(18)19)2-3-13(14)21-12-5-9(8-16)4-10(15)6-12/h2-7H,8,16H2,1H3. The van der Waals surface area contributed by atoms with Gasteiger partial charge in [0.2, 0.25) is 0 Å². The molecular weight excluding hydrogens is 279 g/mol. The van der Waals surface area contributed by atoms with Gasteiger partial charge in [0.05, 0.1) is 18.1 Å². The van der Waals surface area contributed by atoms with E-state index in [1.165, 1.54) is 37.4 Å². The fourth-order valence-electron chi connectivity index (χ4n) is 1.78. The van der Waals surface area contributed by atoms with Crippen molar-refractivity contribution in [3.8, 4) is 17.2 Å². The molecule has 0 radical (unpaired) electrons. The smallest absolute Gasteiger partial charge is 0.273 e. The van der Waals surface area contributed by atoms with Gasteiger partial charge in [-0.2, -0.15) is 0 Å². The lowest BCUT2D eigenvalue weighted by molar-refractivity contribution is -0.384. The van der Waals surface area contributed by atoms with Gasteiger partial charge in [-0.1, -0.05) is 0 Å². The van der Waals surface area contributed by atoms with Gasteiger partial charge in [0.15, 0.2) is 11.5 Å². The molecule has 6 nitrogen and oxygen atoms in total. The highest BCUT2D eigenvalue weighted by Gasteiger charge is 2.13. The fourth-order valence-corrected chi connectivity index (χ4v) is 1.78. The van der Waals surface area contributed by atoms with E-state index in [2.05, 4.69) is 0 Å². The van der Waals surface area contributed by atoms with Crippen LogP contribution in [0.5, 0.6) is 17.2 Å². The minimum Gasteiger partial charge on any atom is -0.493 e. The first-order valence-electron chi connectivity index (χ1n) is 6.03. The number of ether oxygens (including phenoxy) is 2. The van der Waals surface area contributed by atoms with Crippen LogP contribution in [0.1, 0.15) is 5.56 Å². The molecule has 21 heavy (non-hydrogen) atoms. The van der Waals surface area contributed by atoms with Gasteiger partial charge < -0.3 is 15.2 Å². The van der Waals surface area contributed by atoms with E-state index in [4.69, 9.17) is 15.2 Å². The number of methoxy groups -OCH3 is 1. The molecule has 2 aromatic rings. The lowest BCUT2D eigenvalue weighted by atomic mass is 10.2. The van der Waals surface area contributed by atoms with Crippen molar-refractivity contribution in [3.05, 3.63) is 57.9 Å². The number of hydrogen-bond donors (Lipinski definition) is 1. The Morgan fingerprint density at radius 3 is 2.62 bits per heavy atom. The minimum absolute atomic E-state index is 0.124. The lowest BCUT2D eigenvalue weighted by Gasteiger charge is -2.11. The normalized spacial score (nSPS) is 10.2. The van der Waals surface area contributed by atoms with Crippen molar-refractivity contribution in [2.24, 2.45) is 5.73 Å². The Hall–Kier alpha value is -2.67. The number of nitrogens with zero attached hydrogens (tertiary/aromatic N) is 1. The molecule has 0 aromatic heterocycles. The van der Waals surface area contributed by atoms with Crippen LogP contribution in [-0.4, -0.2) is 12.0 Å². The Bertz CT molecular complexity index is 676. The predicted molar refractivity (Wildman–Crippen MR) is 74.0 cm³/mol. The first kappa shape index (κ1) is 14.7. The molecule has 0 atom stereocenters. The second-order valence-electron chi connectivity index (χ2n) is 4.19. The molecule has 2 aromatic carbocycles. The van der Waals surface area contributed by atoms with E-state index in [9.17, 15) is 14.5 Å². The van der Waals surface area contributed by atoms with E-state index < -0.39 is 10.7 Å². The van der Waals surface area contributed by atoms with E-state index in [0.29, 0.717) is 5.56 Å².